The van der Waals surface area contributed by atoms with Crippen LogP contribution in [0.4, 0.5) is 0 Å². The molecule has 1 N–H and O–H groups in total. The number of pyridine rings is 2. The summed E-state index contributed by atoms with van der Waals surface area (Å²) in [5.41, 5.74) is 7.85. The van der Waals surface area contributed by atoms with Crippen LogP contribution in [-0.2, 0) is 22.6 Å². The lowest BCUT2D eigenvalue weighted by molar-refractivity contribution is -0.134. The third-order valence-corrected chi connectivity index (χ3v) is 9.24. The number of H-pyrrole nitrogens is 1. The summed E-state index contributed by atoms with van der Waals surface area (Å²) in [6, 6.07) is 25.6. The predicted octanol–water partition coefficient (Wildman–Crippen LogP) is 8.11. The zero-order valence-corrected chi connectivity index (χ0v) is 29.2. The Kier molecular flexibility index (Phi) is 11.3. The molecule has 0 radical (unpaired) electrons. The number of nitrogens with one attached hydrogen (secondary N) is 1. The molecule has 8 heteroatoms. The van der Waals surface area contributed by atoms with Gasteiger partial charge in [-0.15, -0.1) is 0 Å². The molecule has 3 aromatic heterocycles. The molecular formula is C42H45N5O3. The minimum absolute atomic E-state index is 0.0557. The molecule has 0 aliphatic carbocycles. The molecule has 4 heterocycles. The Morgan fingerprint density at radius 2 is 1.52 bits per heavy atom. The Hall–Kier alpha value is -5.34. The normalized spacial score (nSPS) is 13.2. The van der Waals surface area contributed by atoms with Crippen molar-refractivity contribution in [1.29, 1.82) is 0 Å². The Labute approximate surface area is 294 Å². The average Bonchev–Trinajstić information content (AvgIpc) is 3.59. The number of fused-ring (bicyclic) bond motifs is 2. The van der Waals surface area contributed by atoms with Crippen LogP contribution in [0.15, 0.2) is 104 Å². The number of ether oxygens (including phenoxy) is 1. The highest BCUT2D eigenvalue weighted by atomic mass is 16.5. The van der Waals surface area contributed by atoms with Gasteiger partial charge in [0, 0.05) is 110 Å². The molecule has 0 bridgehead atoms. The molecule has 0 saturated carbocycles. The first-order valence-corrected chi connectivity index (χ1v) is 17.6. The number of aromatic nitrogens is 3. The van der Waals surface area contributed by atoms with Crippen LogP contribution in [0.25, 0.3) is 43.9 Å². The van der Waals surface area contributed by atoms with Gasteiger partial charge in [-0.1, -0.05) is 68.4 Å². The maximum atomic E-state index is 12.5. The van der Waals surface area contributed by atoms with E-state index in [0.29, 0.717) is 32.5 Å². The van der Waals surface area contributed by atoms with Gasteiger partial charge in [0.2, 0.25) is 5.91 Å². The molecule has 0 atom stereocenters. The summed E-state index contributed by atoms with van der Waals surface area (Å²) in [5, 5.41) is 3.39. The lowest BCUT2D eigenvalue weighted by Crippen LogP contribution is -2.48. The van der Waals surface area contributed by atoms with Gasteiger partial charge in [-0.25, -0.2) is 0 Å². The van der Waals surface area contributed by atoms with Gasteiger partial charge in [-0.3, -0.25) is 19.7 Å². The number of amides is 1. The van der Waals surface area contributed by atoms with Crippen LogP contribution in [0.3, 0.4) is 0 Å². The van der Waals surface area contributed by atoms with Crippen LogP contribution in [0.5, 0.6) is 5.75 Å². The number of Topliss-reactive ketones (excluding diaryl/α,β-unsaturated/α-hetero) is 1. The summed E-state index contributed by atoms with van der Waals surface area (Å²) < 4.78 is 6.57. The summed E-state index contributed by atoms with van der Waals surface area (Å²) >= 11 is 0. The summed E-state index contributed by atoms with van der Waals surface area (Å²) in [4.78, 5) is 40.2. The fourth-order valence-electron chi connectivity index (χ4n) is 6.54. The first kappa shape index (κ1) is 34.5. The summed E-state index contributed by atoms with van der Waals surface area (Å²) in [6.45, 7) is 9.79. The number of hydrogen-bond acceptors (Lipinski definition) is 6. The minimum atomic E-state index is 0.0557. The van der Waals surface area contributed by atoms with E-state index in [-0.39, 0.29) is 11.7 Å². The number of carbonyl (C=O) groups is 2. The quantitative estimate of drug-likeness (QED) is 0.150. The monoisotopic (exact) mass is 667 g/mol. The molecule has 1 amide bonds. The van der Waals surface area contributed by atoms with Crippen molar-refractivity contribution in [3.05, 3.63) is 115 Å². The average molecular weight is 668 g/mol. The van der Waals surface area contributed by atoms with E-state index in [1.807, 2.05) is 55.7 Å². The predicted molar refractivity (Wildman–Crippen MR) is 201 cm³/mol. The van der Waals surface area contributed by atoms with Gasteiger partial charge in [0.15, 0.2) is 0 Å². The van der Waals surface area contributed by atoms with Crippen molar-refractivity contribution in [2.24, 2.45) is 0 Å². The third kappa shape index (κ3) is 8.09. The van der Waals surface area contributed by atoms with E-state index >= 15 is 0 Å². The number of aromatic amines is 1. The molecule has 256 valence electrons. The second-order valence-electron chi connectivity index (χ2n) is 12.5. The smallest absolute Gasteiger partial charge is 0.223 e. The number of benzene rings is 3. The zero-order valence-electron chi connectivity index (χ0n) is 29.2. The van der Waals surface area contributed by atoms with Crippen molar-refractivity contribution in [3.63, 3.8) is 0 Å². The van der Waals surface area contributed by atoms with Gasteiger partial charge in [0.05, 0.1) is 6.61 Å². The van der Waals surface area contributed by atoms with E-state index in [0.717, 1.165) is 64.8 Å². The van der Waals surface area contributed by atoms with E-state index in [4.69, 9.17) is 4.74 Å². The Bertz CT molecular complexity index is 2060. The van der Waals surface area contributed by atoms with Gasteiger partial charge in [0.25, 0.3) is 0 Å². The highest BCUT2D eigenvalue weighted by Crippen LogP contribution is 2.36. The number of rotatable bonds is 11. The second kappa shape index (κ2) is 16.4. The molecule has 1 fully saturated rings. The molecule has 50 heavy (non-hydrogen) atoms. The van der Waals surface area contributed by atoms with Gasteiger partial charge >= 0.3 is 0 Å². The summed E-state index contributed by atoms with van der Waals surface area (Å²) in [5.74, 6) is 0.967. The molecule has 8 nitrogen and oxygen atoms in total. The van der Waals surface area contributed by atoms with E-state index in [2.05, 4.69) is 80.5 Å². The lowest BCUT2D eigenvalue weighted by atomic mass is 9.98. The third-order valence-electron chi connectivity index (χ3n) is 9.24. The SMILES string of the molecule is CC.CC(=O)CCC(=O)N1CCN(Cc2ccc(-c3c[nH]c4ccncc34)c(OCCc3ccc(-c4cccc5ccncc45)cc3)c2)CC1. The van der Waals surface area contributed by atoms with E-state index in [1.54, 1.807) is 6.20 Å². The topological polar surface area (TPSA) is 91.4 Å². The van der Waals surface area contributed by atoms with E-state index in [1.165, 1.54) is 29.0 Å². The largest absolute Gasteiger partial charge is 0.493 e. The summed E-state index contributed by atoms with van der Waals surface area (Å²) in [7, 11) is 0. The van der Waals surface area contributed by atoms with Crippen LogP contribution in [0, 0.1) is 0 Å². The van der Waals surface area contributed by atoms with E-state index in [9.17, 15) is 9.59 Å². The second-order valence-corrected chi connectivity index (χ2v) is 12.5. The maximum absolute atomic E-state index is 12.5. The highest BCUT2D eigenvalue weighted by molar-refractivity contribution is 5.97. The number of ketones is 1. The molecule has 0 spiro atoms. The first-order valence-electron chi connectivity index (χ1n) is 17.6. The molecular weight excluding hydrogens is 622 g/mol. The lowest BCUT2D eigenvalue weighted by Gasteiger charge is -2.35. The van der Waals surface area contributed by atoms with Crippen molar-refractivity contribution in [2.75, 3.05) is 32.8 Å². The molecule has 1 saturated heterocycles. The molecule has 0 unspecified atom stereocenters. The number of nitrogens with zero attached hydrogens (tertiary/aromatic N) is 4. The number of hydrogen-bond donors (Lipinski definition) is 1. The van der Waals surface area contributed by atoms with Crippen LogP contribution >= 0.6 is 0 Å². The van der Waals surface area contributed by atoms with Crippen molar-refractivity contribution < 1.29 is 14.3 Å². The first-order chi connectivity index (χ1) is 24.5. The maximum Gasteiger partial charge on any atom is 0.223 e. The highest BCUT2D eigenvalue weighted by Gasteiger charge is 2.22. The van der Waals surface area contributed by atoms with Crippen LogP contribution < -0.4 is 4.74 Å². The molecule has 3 aromatic carbocycles. The standard InChI is InChI=1S/C40H39N5O3.C2H6/c1-28(46)5-12-40(47)45-20-18-44(19-21-45)27-30-8-11-34(36-26-43-38-14-17-42-25-37(36)38)39(23-30)48-22-15-29-6-9-32(10-7-29)33-4-2-3-31-13-16-41-24-35(31)33;1-2/h2-4,6-11,13-14,16-17,23-26,43H,5,12,15,18-22,27H2,1H3;1-2H3. The van der Waals surface area contributed by atoms with E-state index < -0.39 is 0 Å². The Balaban J connectivity index is 0.00000212. The van der Waals surface area contributed by atoms with Crippen molar-refractivity contribution in [1.82, 2.24) is 24.8 Å². The van der Waals surface area contributed by atoms with Crippen molar-refractivity contribution in [3.8, 4) is 28.0 Å². The van der Waals surface area contributed by atoms with Crippen LogP contribution in [-0.4, -0.2) is 69.2 Å². The van der Waals surface area contributed by atoms with Gasteiger partial charge in [-0.2, -0.15) is 0 Å². The fourth-order valence-corrected chi connectivity index (χ4v) is 6.54. The van der Waals surface area contributed by atoms with Gasteiger partial charge in [-0.05, 0) is 52.8 Å². The minimum Gasteiger partial charge on any atom is -0.493 e. The van der Waals surface area contributed by atoms with Crippen LogP contribution in [0.2, 0.25) is 0 Å². The number of carbonyl (C=O) groups excluding carboxylic acids is 2. The zero-order chi connectivity index (χ0) is 34.9. The van der Waals surface area contributed by atoms with Gasteiger partial charge < -0.3 is 19.4 Å². The molecule has 6 aromatic rings. The van der Waals surface area contributed by atoms with Crippen molar-refractivity contribution in [2.45, 2.75) is 46.6 Å². The molecule has 7 rings (SSSR count). The summed E-state index contributed by atoms with van der Waals surface area (Å²) in [6.07, 6.45) is 10.9. The Morgan fingerprint density at radius 1 is 0.780 bits per heavy atom. The molecule has 1 aliphatic rings. The van der Waals surface area contributed by atoms with Crippen molar-refractivity contribution >= 4 is 33.4 Å². The fraction of sp³-hybridized carbons (Fsp3) is 0.286. The number of piperazine rings is 1. The molecule has 1 aliphatic heterocycles. The Morgan fingerprint density at radius 3 is 2.30 bits per heavy atom. The van der Waals surface area contributed by atoms with Crippen LogP contribution in [0.1, 0.15) is 44.7 Å². The van der Waals surface area contributed by atoms with Gasteiger partial charge in [0.1, 0.15) is 11.5 Å².